The van der Waals surface area contributed by atoms with Gasteiger partial charge >= 0.3 is 6.17 Å². The molecular weight excluding hydrogens is 306 g/mol. The Bertz CT molecular complexity index is 833. The number of rotatable bonds is 3. The maximum Gasteiger partial charge on any atom is 0.304 e. The van der Waals surface area contributed by atoms with Crippen LogP contribution >= 0.6 is 0 Å². The van der Waals surface area contributed by atoms with E-state index in [4.69, 9.17) is 5.73 Å². The lowest BCUT2D eigenvalue weighted by Crippen LogP contribution is -2.42. The molecule has 3 rings (SSSR count). The van der Waals surface area contributed by atoms with Crippen LogP contribution in [0.15, 0.2) is 53.4 Å². The number of nitrogens with two attached hydrogens (primary N) is 1. The number of nitrogen functional groups attached to an aromatic ring is 1. The van der Waals surface area contributed by atoms with Gasteiger partial charge in [0.2, 0.25) is 0 Å². The summed E-state index contributed by atoms with van der Waals surface area (Å²) in [6.07, 6.45) is -1.28. The fourth-order valence-corrected chi connectivity index (χ4v) is 4.16. The molecule has 0 fully saturated rings. The summed E-state index contributed by atoms with van der Waals surface area (Å²) in [6, 6.07) is 12.3. The van der Waals surface area contributed by atoms with Gasteiger partial charge in [0.25, 0.3) is 10.0 Å². The van der Waals surface area contributed by atoms with E-state index in [9.17, 15) is 18.5 Å². The number of nitro groups is 1. The first-order chi connectivity index (χ1) is 10.4. The lowest BCUT2D eigenvalue weighted by atomic mass is 10.2. The summed E-state index contributed by atoms with van der Waals surface area (Å²) in [4.78, 5) is 10.7. The van der Waals surface area contributed by atoms with Gasteiger partial charge in [-0.25, -0.2) is 12.7 Å². The zero-order valence-electron chi connectivity index (χ0n) is 11.4. The van der Waals surface area contributed by atoms with E-state index in [2.05, 4.69) is 0 Å². The highest BCUT2D eigenvalue weighted by molar-refractivity contribution is 7.92. The maximum absolute atomic E-state index is 12.8. The van der Waals surface area contributed by atoms with Crippen LogP contribution in [0.2, 0.25) is 0 Å². The highest BCUT2D eigenvalue weighted by atomic mass is 32.2. The number of sulfonamides is 1. The number of anilines is 2. The van der Waals surface area contributed by atoms with E-state index in [1.807, 2.05) is 0 Å². The number of benzene rings is 2. The Hall–Kier alpha value is -2.61. The Labute approximate surface area is 127 Å². The van der Waals surface area contributed by atoms with Gasteiger partial charge in [-0.3, -0.25) is 10.1 Å². The molecule has 1 heterocycles. The minimum atomic E-state index is -4.03. The largest absolute Gasteiger partial charge is 0.399 e. The zero-order valence-corrected chi connectivity index (χ0v) is 12.2. The second-order valence-corrected chi connectivity index (χ2v) is 6.78. The van der Waals surface area contributed by atoms with Crippen LogP contribution in [0.25, 0.3) is 0 Å². The predicted molar refractivity (Wildman–Crippen MR) is 81.4 cm³/mol. The smallest absolute Gasteiger partial charge is 0.304 e. The molecule has 0 bridgehead atoms. The van der Waals surface area contributed by atoms with E-state index in [1.165, 1.54) is 24.3 Å². The van der Waals surface area contributed by atoms with E-state index in [-0.39, 0.29) is 11.3 Å². The van der Waals surface area contributed by atoms with Crippen LogP contribution in [-0.2, 0) is 16.4 Å². The summed E-state index contributed by atoms with van der Waals surface area (Å²) in [5.41, 5.74) is 6.97. The monoisotopic (exact) mass is 319 g/mol. The maximum atomic E-state index is 12.8. The fraction of sp³-hybridized carbons (Fsp3) is 0.143. The minimum Gasteiger partial charge on any atom is -0.399 e. The Kier molecular flexibility index (Phi) is 3.25. The molecule has 2 N–H and O–H groups in total. The highest BCUT2D eigenvalue weighted by Crippen LogP contribution is 2.36. The van der Waals surface area contributed by atoms with E-state index < -0.39 is 21.1 Å². The number of hydrogen-bond donors (Lipinski definition) is 1. The molecule has 1 aliphatic heterocycles. The van der Waals surface area contributed by atoms with Crippen molar-refractivity contribution < 1.29 is 13.3 Å². The molecule has 0 aliphatic carbocycles. The summed E-state index contributed by atoms with van der Waals surface area (Å²) in [5.74, 6) is 0. The van der Waals surface area contributed by atoms with Crippen molar-refractivity contribution in [3.8, 4) is 0 Å². The molecule has 0 saturated carbocycles. The average molecular weight is 319 g/mol. The van der Waals surface area contributed by atoms with Crippen LogP contribution in [0.3, 0.4) is 0 Å². The van der Waals surface area contributed by atoms with Crippen LogP contribution in [0.4, 0.5) is 11.4 Å². The molecule has 0 saturated heterocycles. The highest BCUT2D eigenvalue weighted by Gasteiger charge is 2.45. The van der Waals surface area contributed by atoms with Gasteiger partial charge < -0.3 is 5.73 Å². The molecule has 2 aromatic rings. The molecule has 2 aromatic carbocycles. The van der Waals surface area contributed by atoms with Crippen LogP contribution < -0.4 is 10.0 Å². The normalized spacial score (nSPS) is 17.3. The van der Waals surface area contributed by atoms with Crippen molar-refractivity contribution in [1.82, 2.24) is 0 Å². The van der Waals surface area contributed by atoms with Gasteiger partial charge in [-0.15, -0.1) is 0 Å². The zero-order chi connectivity index (χ0) is 15.9. The van der Waals surface area contributed by atoms with Crippen molar-refractivity contribution >= 4 is 21.4 Å². The Morgan fingerprint density at radius 2 is 1.77 bits per heavy atom. The summed E-state index contributed by atoms with van der Waals surface area (Å²) < 4.78 is 26.5. The Morgan fingerprint density at radius 1 is 1.14 bits per heavy atom. The molecule has 8 heteroatoms. The van der Waals surface area contributed by atoms with Crippen molar-refractivity contribution in [3.63, 3.8) is 0 Å². The molecular formula is C14H13N3O4S. The topological polar surface area (TPSA) is 107 Å². The average Bonchev–Trinajstić information content (AvgIpc) is 2.88. The molecule has 1 unspecified atom stereocenters. The fourth-order valence-electron chi connectivity index (χ4n) is 2.54. The third-order valence-corrected chi connectivity index (χ3v) is 5.41. The van der Waals surface area contributed by atoms with Crippen LogP contribution in [-0.4, -0.2) is 19.5 Å². The van der Waals surface area contributed by atoms with Crippen molar-refractivity contribution in [2.75, 3.05) is 10.0 Å². The lowest BCUT2D eigenvalue weighted by Gasteiger charge is -2.21. The number of fused-ring (bicyclic) bond motifs is 1. The van der Waals surface area contributed by atoms with Gasteiger partial charge in [0.15, 0.2) is 0 Å². The van der Waals surface area contributed by atoms with Crippen LogP contribution in [0.5, 0.6) is 0 Å². The van der Waals surface area contributed by atoms with Crippen molar-refractivity contribution in [2.45, 2.75) is 17.5 Å². The summed E-state index contributed by atoms with van der Waals surface area (Å²) in [7, 11) is -4.03. The van der Waals surface area contributed by atoms with Gasteiger partial charge in [-0.2, -0.15) is 0 Å². The quantitative estimate of drug-likeness (QED) is 0.525. The lowest BCUT2D eigenvalue weighted by molar-refractivity contribution is -0.516. The molecule has 114 valence electrons. The van der Waals surface area contributed by atoms with Crippen molar-refractivity contribution in [1.29, 1.82) is 0 Å². The number of hydrogen-bond acceptors (Lipinski definition) is 5. The Morgan fingerprint density at radius 3 is 2.41 bits per heavy atom. The number of para-hydroxylation sites is 1. The molecule has 22 heavy (non-hydrogen) atoms. The number of nitrogens with zero attached hydrogens (tertiary/aromatic N) is 2. The van der Waals surface area contributed by atoms with E-state index in [0.29, 0.717) is 16.9 Å². The van der Waals surface area contributed by atoms with E-state index in [1.54, 1.807) is 24.3 Å². The minimum absolute atomic E-state index is 0.0229. The first-order valence-corrected chi connectivity index (χ1v) is 7.96. The second kappa shape index (κ2) is 4.99. The van der Waals surface area contributed by atoms with Crippen LogP contribution in [0.1, 0.15) is 5.56 Å². The summed E-state index contributed by atoms with van der Waals surface area (Å²) >= 11 is 0. The van der Waals surface area contributed by atoms with E-state index >= 15 is 0 Å². The predicted octanol–water partition coefficient (Wildman–Crippen LogP) is 1.62. The molecule has 1 atom stereocenters. The van der Waals surface area contributed by atoms with Gasteiger partial charge in [-0.05, 0) is 35.9 Å². The van der Waals surface area contributed by atoms with Crippen molar-refractivity contribution in [2.24, 2.45) is 0 Å². The first kappa shape index (κ1) is 14.3. The Balaban J connectivity index is 2.14. The summed E-state index contributed by atoms with van der Waals surface area (Å²) in [6.45, 7) is 0. The molecule has 0 amide bonds. The first-order valence-electron chi connectivity index (χ1n) is 6.52. The van der Waals surface area contributed by atoms with E-state index in [0.717, 1.165) is 4.31 Å². The molecule has 0 spiro atoms. The van der Waals surface area contributed by atoms with Crippen LogP contribution in [0, 0.1) is 10.1 Å². The van der Waals surface area contributed by atoms with Gasteiger partial charge in [-0.1, -0.05) is 18.2 Å². The SMILES string of the molecule is Nc1ccc(S(=O)(=O)N2c3ccccc3CC2[N+](=O)[O-])cc1. The van der Waals surface area contributed by atoms with Gasteiger partial charge in [0.05, 0.1) is 17.0 Å². The standard InChI is InChI=1S/C14H13N3O4S/c15-11-5-7-12(8-6-11)22(20,21)16-13-4-2-1-3-10(13)9-14(16)17(18)19/h1-8,14H,9,15H2. The molecule has 0 aromatic heterocycles. The van der Waals surface area contributed by atoms with Crippen molar-refractivity contribution in [3.05, 3.63) is 64.2 Å². The third kappa shape index (κ3) is 2.17. The molecule has 0 radical (unpaired) electrons. The summed E-state index contributed by atoms with van der Waals surface area (Å²) in [5, 5.41) is 11.3. The second-order valence-electron chi connectivity index (χ2n) is 4.97. The van der Waals surface area contributed by atoms with Gasteiger partial charge in [0.1, 0.15) is 0 Å². The third-order valence-electron chi connectivity index (χ3n) is 3.58. The molecule has 7 nitrogen and oxygen atoms in total. The van der Waals surface area contributed by atoms with Gasteiger partial charge in [0, 0.05) is 10.6 Å². The molecule has 1 aliphatic rings.